The minimum absolute atomic E-state index is 0.0138. The van der Waals surface area contributed by atoms with Gasteiger partial charge in [-0.15, -0.1) is 0 Å². The maximum absolute atomic E-state index is 12.1. The second kappa shape index (κ2) is 4.59. The van der Waals surface area contributed by atoms with E-state index in [1.807, 2.05) is 0 Å². The van der Waals surface area contributed by atoms with Crippen LogP contribution >= 0.6 is 0 Å². The fourth-order valence-electron chi connectivity index (χ4n) is 2.58. The van der Waals surface area contributed by atoms with Gasteiger partial charge in [0.2, 0.25) is 11.8 Å². The molecule has 1 unspecified atom stereocenters. The highest BCUT2D eigenvalue weighted by atomic mass is 16.4. The second-order valence-electron chi connectivity index (χ2n) is 5.17. The van der Waals surface area contributed by atoms with E-state index >= 15 is 0 Å². The summed E-state index contributed by atoms with van der Waals surface area (Å²) in [6.07, 6.45) is 1.99. The predicted octanol–water partition coefficient (Wildman–Crippen LogP) is -0.0217. The summed E-state index contributed by atoms with van der Waals surface area (Å²) in [4.78, 5) is 36.3. The van der Waals surface area contributed by atoms with Crippen LogP contribution in [0.3, 0.4) is 0 Å². The van der Waals surface area contributed by atoms with Gasteiger partial charge in [-0.1, -0.05) is 6.42 Å². The number of piperazine rings is 1. The molecule has 2 aliphatic rings. The molecule has 2 N–H and O–H groups in total. The Morgan fingerprint density at radius 2 is 2.17 bits per heavy atom. The first kappa shape index (κ1) is 12.9. The first-order valence-corrected chi connectivity index (χ1v) is 6.27. The van der Waals surface area contributed by atoms with Crippen molar-refractivity contribution in [2.45, 2.75) is 38.6 Å². The van der Waals surface area contributed by atoms with Crippen LogP contribution in [0.15, 0.2) is 0 Å². The smallest absolute Gasteiger partial charge is 0.310 e. The summed E-state index contributed by atoms with van der Waals surface area (Å²) in [6.45, 7) is 2.57. The number of hydrogen-bond acceptors (Lipinski definition) is 3. The number of rotatable bonds is 3. The van der Waals surface area contributed by atoms with Gasteiger partial charge in [-0.25, -0.2) is 0 Å². The van der Waals surface area contributed by atoms with Crippen molar-refractivity contribution in [1.29, 1.82) is 0 Å². The summed E-state index contributed by atoms with van der Waals surface area (Å²) in [5, 5.41) is 11.9. The highest BCUT2D eigenvalue weighted by molar-refractivity contribution is 5.91. The van der Waals surface area contributed by atoms with Gasteiger partial charge in [-0.05, 0) is 19.8 Å². The Morgan fingerprint density at radius 1 is 1.50 bits per heavy atom. The van der Waals surface area contributed by atoms with Crippen LogP contribution in [0.5, 0.6) is 0 Å². The average Bonchev–Trinajstić information content (AvgIpc) is 2.26. The fourth-order valence-corrected chi connectivity index (χ4v) is 2.58. The van der Waals surface area contributed by atoms with Crippen molar-refractivity contribution in [3.8, 4) is 0 Å². The van der Waals surface area contributed by atoms with E-state index in [0.29, 0.717) is 25.9 Å². The topological polar surface area (TPSA) is 86.7 Å². The zero-order chi connectivity index (χ0) is 13.3. The molecule has 100 valence electrons. The number of amides is 2. The lowest BCUT2D eigenvalue weighted by atomic mass is 9.66. The molecule has 6 heteroatoms. The van der Waals surface area contributed by atoms with E-state index in [1.165, 1.54) is 4.90 Å². The summed E-state index contributed by atoms with van der Waals surface area (Å²) in [6, 6.07) is -0.503. The molecule has 0 bridgehead atoms. The molecule has 1 saturated carbocycles. The van der Waals surface area contributed by atoms with Gasteiger partial charge in [0.05, 0.1) is 5.41 Å². The molecular formula is C12H18N2O4. The van der Waals surface area contributed by atoms with Crippen molar-refractivity contribution in [1.82, 2.24) is 10.2 Å². The van der Waals surface area contributed by atoms with Crippen LogP contribution in [0.4, 0.5) is 0 Å². The van der Waals surface area contributed by atoms with Crippen molar-refractivity contribution in [3.63, 3.8) is 0 Å². The van der Waals surface area contributed by atoms with Gasteiger partial charge in [-0.3, -0.25) is 14.4 Å². The van der Waals surface area contributed by atoms with Gasteiger partial charge in [0, 0.05) is 19.5 Å². The molecule has 2 rings (SSSR count). The normalized spacial score (nSPS) is 26.2. The number of carbonyl (C=O) groups is 3. The van der Waals surface area contributed by atoms with E-state index in [2.05, 4.69) is 5.32 Å². The lowest BCUT2D eigenvalue weighted by molar-refractivity contribution is -0.160. The van der Waals surface area contributed by atoms with E-state index < -0.39 is 17.4 Å². The molecule has 1 heterocycles. The Balaban J connectivity index is 2.03. The molecule has 2 fully saturated rings. The number of hydrogen-bond donors (Lipinski definition) is 2. The first-order chi connectivity index (χ1) is 8.46. The molecule has 0 radical (unpaired) electrons. The summed E-state index contributed by atoms with van der Waals surface area (Å²) >= 11 is 0. The number of carboxylic acid groups (broad SMARTS) is 1. The van der Waals surface area contributed by atoms with Gasteiger partial charge in [-0.2, -0.15) is 0 Å². The highest BCUT2D eigenvalue weighted by Gasteiger charge is 2.47. The second-order valence-corrected chi connectivity index (χ2v) is 5.17. The van der Waals surface area contributed by atoms with E-state index in [1.54, 1.807) is 6.92 Å². The number of nitrogens with zero attached hydrogens (tertiary/aromatic N) is 1. The molecule has 1 saturated heterocycles. The summed E-state index contributed by atoms with van der Waals surface area (Å²) in [7, 11) is 0. The molecule has 2 amide bonds. The molecule has 0 aromatic carbocycles. The van der Waals surface area contributed by atoms with Gasteiger partial charge in [0.15, 0.2) is 0 Å². The van der Waals surface area contributed by atoms with E-state index in [9.17, 15) is 19.5 Å². The van der Waals surface area contributed by atoms with Gasteiger partial charge >= 0.3 is 5.97 Å². The zero-order valence-electron chi connectivity index (χ0n) is 10.4. The quantitative estimate of drug-likeness (QED) is 0.741. The van der Waals surface area contributed by atoms with Gasteiger partial charge in [0.25, 0.3) is 0 Å². The van der Waals surface area contributed by atoms with E-state index in [0.717, 1.165) is 6.42 Å². The molecule has 0 spiro atoms. The Hall–Kier alpha value is -1.59. The van der Waals surface area contributed by atoms with Crippen LogP contribution in [0.25, 0.3) is 0 Å². The number of carboxylic acids is 1. The van der Waals surface area contributed by atoms with Crippen LogP contribution in [0.2, 0.25) is 0 Å². The van der Waals surface area contributed by atoms with Crippen LogP contribution in [0.1, 0.15) is 32.6 Å². The Kier molecular flexibility index (Phi) is 3.28. The van der Waals surface area contributed by atoms with Crippen molar-refractivity contribution in [2.24, 2.45) is 5.41 Å². The summed E-state index contributed by atoms with van der Waals surface area (Å²) in [5.74, 6) is -1.29. The SMILES string of the molecule is CC1C(=O)NCCN1C(=O)CC1(C(=O)O)CCC1. The van der Waals surface area contributed by atoms with Gasteiger partial charge in [0.1, 0.15) is 6.04 Å². The molecule has 6 nitrogen and oxygen atoms in total. The molecular weight excluding hydrogens is 236 g/mol. The average molecular weight is 254 g/mol. The fraction of sp³-hybridized carbons (Fsp3) is 0.750. The molecule has 1 atom stereocenters. The third kappa shape index (κ3) is 2.07. The lowest BCUT2D eigenvalue weighted by Gasteiger charge is -2.40. The van der Waals surface area contributed by atoms with Crippen LogP contribution in [0, 0.1) is 5.41 Å². The van der Waals surface area contributed by atoms with Crippen LogP contribution < -0.4 is 5.32 Å². The lowest BCUT2D eigenvalue weighted by Crippen LogP contribution is -2.57. The standard InChI is InChI=1S/C12H18N2O4/c1-8-10(16)13-5-6-14(8)9(15)7-12(11(17)18)3-2-4-12/h8H,2-7H2,1H3,(H,13,16)(H,17,18). The first-order valence-electron chi connectivity index (χ1n) is 6.27. The number of nitrogens with one attached hydrogen (secondary N) is 1. The third-order valence-corrected chi connectivity index (χ3v) is 4.07. The van der Waals surface area contributed by atoms with Gasteiger partial charge < -0.3 is 15.3 Å². The minimum Gasteiger partial charge on any atom is -0.481 e. The minimum atomic E-state index is -0.892. The highest BCUT2D eigenvalue weighted by Crippen LogP contribution is 2.44. The largest absolute Gasteiger partial charge is 0.481 e. The predicted molar refractivity (Wildman–Crippen MR) is 62.7 cm³/mol. The summed E-state index contributed by atoms with van der Waals surface area (Å²) in [5.41, 5.74) is -0.884. The number of aliphatic carboxylic acids is 1. The maximum atomic E-state index is 12.1. The maximum Gasteiger partial charge on any atom is 0.310 e. The van der Waals surface area contributed by atoms with E-state index in [4.69, 9.17) is 0 Å². The third-order valence-electron chi connectivity index (χ3n) is 4.07. The van der Waals surface area contributed by atoms with Crippen molar-refractivity contribution in [2.75, 3.05) is 13.1 Å². The van der Waals surface area contributed by atoms with Crippen molar-refractivity contribution in [3.05, 3.63) is 0 Å². The number of carbonyl (C=O) groups excluding carboxylic acids is 2. The van der Waals surface area contributed by atoms with Crippen LogP contribution in [-0.4, -0.2) is 46.9 Å². The molecule has 18 heavy (non-hydrogen) atoms. The Morgan fingerprint density at radius 3 is 2.67 bits per heavy atom. The van der Waals surface area contributed by atoms with Crippen LogP contribution in [-0.2, 0) is 14.4 Å². The van der Waals surface area contributed by atoms with Crippen molar-refractivity contribution < 1.29 is 19.5 Å². The monoisotopic (exact) mass is 254 g/mol. The molecule has 0 aromatic rings. The summed E-state index contributed by atoms with van der Waals surface area (Å²) < 4.78 is 0. The zero-order valence-corrected chi connectivity index (χ0v) is 10.4. The molecule has 1 aliphatic heterocycles. The Bertz CT molecular complexity index is 390. The molecule has 1 aliphatic carbocycles. The Labute approximate surface area is 105 Å². The van der Waals surface area contributed by atoms with E-state index in [-0.39, 0.29) is 18.2 Å². The molecule has 0 aromatic heterocycles. The van der Waals surface area contributed by atoms with Crippen molar-refractivity contribution >= 4 is 17.8 Å².